The zero-order chi connectivity index (χ0) is 24.9. The first kappa shape index (κ1) is 25.2. The Hall–Kier alpha value is -2.45. The summed E-state index contributed by atoms with van der Waals surface area (Å²) < 4.78 is 0. The molecule has 0 bridgehead atoms. The number of amides is 2. The molecule has 2 aromatic rings. The molecule has 2 N–H and O–H groups in total. The zero-order valence-corrected chi connectivity index (χ0v) is 22.2. The van der Waals surface area contributed by atoms with Gasteiger partial charge in [-0.25, -0.2) is 4.98 Å². The summed E-state index contributed by atoms with van der Waals surface area (Å²) in [6, 6.07) is 8.77. The number of piperidine rings is 1. The molecule has 36 heavy (non-hydrogen) atoms. The molecule has 1 saturated carbocycles. The molecule has 3 heterocycles. The number of thiazole rings is 1. The number of rotatable bonds is 7. The number of anilines is 2. The molecule has 2 aliphatic heterocycles. The zero-order valence-electron chi connectivity index (χ0n) is 21.4. The second-order valence-electron chi connectivity index (χ2n) is 10.6. The number of hydrogen-bond donors (Lipinski definition) is 2. The lowest BCUT2D eigenvalue weighted by molar-refractivity contribution is -0.127. The fraction of sp³-hybridized carbons (Fsp3) is 0.607. The Bertz CT molecular complexity index is 1040. The second-order valence-corrected chi connectivity index (χ2v) is 11.6. The van der Waals surface area contributed by atoms with Gasteiger partial charge in [0, 0.05) is 36.8 Å². The van der Waals surface area contributed by atoms with Crippen molar-refractivity contribution in [3.05, 3.63) is 40.9 Å². The van der Waals surface area contributed by atoms with E-state index in [2.05, 4.69) is 44.5 Å². The molecular formula is C28H39N5O2S. The summed E-state index contributed by atoms with van der Waals surface area (Å²) in [7, 11) is 0. The largest absolute Gasteiger partial charge is 0.353 e. The van der Waals surface area contributed by atoms with Crippen molar-refractivity contribution in [3.8, 4) is 0 Å². The highest BCUT2D eigenvalue weighted by Crippen LogP contribution is 2.30. The van der Waals surface area contributed by atoms with Gasteiger partial charge in [0.1, 0.15) is 4.88 Å². The van der Waals surface area contributed by atoms with E-state index in [1.807, 2.05) is 12.1 Å². The van der Waals surface area contributed by atoms with E-state index in [9.17, 15) is 9.59 Å². The normalized spacial score (nSPS) is 20.9. The van der Waals surface area contributed by atoms with Crippen molar-refractivity contribution in [1.29, 1.82) is 0 Å². The number of nitrogens with zero attached hydrogens (tertiary/aromatic N) is 3. The second kappa shape index (κ2) is 11.7. The summed E-state index contributed by atoms with van der Waals surface area (Å²) >= 11 is 1.47. The molecule has 194 valence electrons. The maximum absolute atomic E-state index is 12.9. The van der Waals surface area contributed by atoms with E-state index in [0.29, 0.717) is 10.9 Å². The van der Waals surface area contributed by atoms with E-state index in [1.165, 1.54) is 49.0 Å². The van der Waals surface area contributed by atoms with Gasteiger partial charge in [0.15, 0.2) is 5.13 Å². The number of nitrogens with one attached hydrogen (secondary N) is 2. The van der Waals surface area contributed by atoms with E-state index >= 15 is 0 Å². The van der Waals surface area contributed by atoms with Gasteiger partial charge in [0.05, 0.1) is 6.20 Å². The fourth-order valence-corrected chi connectivity index (χ4v) is 6.68. The summed E-state index contributed by atoms with van der Waals surface area (Å²) in [5, 5.41) is 7.32. The maximum atomic E-state index is 12.9. The molecule has 7 nitrogen and oxygen atoms in total. The molecule has 3 aliphatic rings. The number of hydrogen-bond acceptors (Lipinski definition) is 6. The van der Waals surface area contributed by atoms with Crippen molar-refractivity contribution < 1.29 is 9.59 Å². The Balaban J connectivity index is 1.13. The van der Waals surface area contributed by atoms with Gasteiger partial charge in [-0.05, 0) is 76.2 Å². The van der Waals surface area contributed by atoms with Gasteiger partial charge in [-0.15, -0.1) is 0 Å². The van der Waals surface area contributed by atoms with E-state index in [0.717, 1.165) is 62.7 Å². The molecule has 1 unspecified atom stereocenters. The van der Waals surface area contributed by atoms with E-state index in [4.69, 9.17) is 0 Å². The topological polar surface area (TPSA) is 77.6 Å². The molecule has 2 amide bonds. The Kier molecular flexibility index (Phi) is 8.22. The molecule has 1 aliphatic carbocycles. The molecule has 0 spiro atoms. The first-order valence-corrected chi connectivity index (χ1v) is 14.5. The molecule has 5 rings (SSSR count). The van der Waals surface area contributed by atoms with E-state index < -0.39 is 0 Å². The third-order valence-electron chi connectivity index (χ3n) is 8.12. The number of carbonyl (C=O) groups is 2. The third kappa shape index (κ3) is 6.09. The molecule has 2 saturated heterocycles. The van der Waals surface area contributed by atoms with Crippen LogP contribution in [-0.2, 0) is 4.79 Å². The van der Waals surface area contributed by atoms with Crippen LogP contribution in [0.15, 0.2) is 30.5 Å². The lowest BCUT2D eigenvalue weighted by Crippen LogP contribution is -2.44. The van der Waals surface area contributed by atoms with Crippen LogP contribution in [0.1, 0.15) is 86.0 Å². The third-order valence-corrected chi connectivity index (χ3v) is 9.18. The summed E-state index contributed by atoms with van der Waals surface area (Å²) in [6.07, 6.45) is 11.9. The van der Waals surface area contributed by atoms with Gasteiger partial charge < -0.3 is 15.5 Å². The van der Waals surface area contributed by atoms with E-state index in [1.54, 1.807) is 6.20 Å². The number of benzene rings is 1. The summed E-state index contributed by atoms with van der Waals surface area (Å²) in [5.74, 6) is 0.285. The smallest absolute Gasteiger partial charge is 0.267 e. The molecule has 3 fully saturated rings. The minimum absolute atomic E-state index is 0.104. The number of likely N-dealkylation sites (tertiary alicyclic amines) is 1. The molecule has 1 aromatic carbocycles. The minimum atomic E-state index is -0.104. The van der Waals surface area contributed by atoms with Gasteiger partial charge >= 0.3 is 0 Å². The monoisotopic (exact) mass is 509 g/mol. The lowest BCUT2D eigenvalue weighted by atomic mass is 9.91. The van der Waals surface area contributed by atoms with Crippen molar-refractivity contribution in [2.45, 2.75) is 76.8 Å². The summed E-state index contributed by atoms with van der Waals surface area (Å²) in [4.78, 5) is 35.5. The Morgan fingerprint density at radius 3 is 2.50 bits per heavy atom. The van der Waals surface area contributed by atoms with Crippen LogP contribution in [-0.4, -0.2) is 53.9 Å². The van der Waals surface area contributed by atoms with Crippen LogP contribution in [0.25, 0.3) is 0 Å². The van der Waals surface area contributed by atoms with Gasteiger partial charge in [0.2, 0.25) is 5.91 Å². The van der Waals surface area contributed by atoms with Crippen molar-refractivity contribution in [1.82, 2.24) is 15.2 Å². The lowest BCUT2D eigenvalue weighted by Gasteiger charge is -2.36. The highest BCUT2D eigenvalue weighted by Gasteiger charge is 2.29. The van der Waals surface area contributed by atoms with Crippen molar-refractivity contribution in [3.63, 3.8) is 0 Å². The van der Waals surface area contributed by atoms with Crippen LogP contribution >= 0.6 is 11.3 Å². The summed E-state index contributed by atoms with van der Waals surface area (Å²) in [5.41, 5.74) is 1.99. The molecule has 8 heteroatoms. The van der Waals surface area contributed by atoms with E-state index in [-0.39, 0.29) is 23.8 Å². The number of carbonyl (C=O) groups excluding carboxylic acids is 2. The molecular weight excluding hydrogens is 470 g/mol. The van der Waals surface area contributed by atoms with Crippen LogP contribution in [0.2, 0.25) is 0 Å². The standard InChI is InChI=1S/C28H39N5O2S/c1-20(32-16-12-21(13-17-32)26(34)30-23-9-3-2-4-10-23)22-8-7-11-24(18-22)31-27(35)25-19-29-28(36-25)33-14-5-6-15-33/h7-8,11,18-21,23H,2-6,9-10,12-17H2,1H3,(H,30,34)(H,31,35). The minimum Gasteiger partial charge on any atom is -0.353 e. The quantitative estimate of drug-likeness (QED) is 0.535. The average Bonchev–Trinajstić information content (AvgIpc) is 3.62. The fourth-order valence-electron chi connectivity index (χ4n) is 5.82. The molecule has 1 atom stereocenters. The van der Waals surface area contributed by atoms with Crippen LogP contribution in [0, 0.1) is 5.92 Å². The first-order valence-electron chi connectivity index (χ1n) is 13.7. The van der Waals surface area contributed by atoms with Crippen molar-refractivity contribution >= 4 is 34.0 Å². The van der Waals surface area contributed by atoms with Crippen molar-refractivity contribution in [2.24, 2.45) is 5.92 Å². The Morgan fingerprint density at radius 2 is 1.75 bits per heavy atom. The molecule has 0 radical (unpaired) electrons. The first-order chi connectivity index (χ1) is 17.6. The van der Waals surface area contributed by atoms with Crippen LogP contribution in [0.5, 0.6) is 0 Å². The molecule has 1 aromatic heterocycles. The van der Waals surface area contributed by atoms with Crippen molar-refractivity contribution in [2.75, 3.05) is 36.4 Å². The van der Waals surface area contributed by atoms with Crippen LogP contribution < -0.4 is 15.5 Å². The van der Waals surface area contributed by atoms with Crippen LogP contribution in [0.4, 0.5) is 10.8 Å². The van der Waals surface area contributed by atoms with Gasteiger partial charge in [-0.3, -0.25) is 14.5 Å². The Labute approximate surface area is 218 Å². The SMILES string of the molecule is CC(c1cccc(NC(=O)c2cnc(N3CCCC3)s2)c1)N1CCC(C(=O)NC2CCCCC2)CC1. The van der Waals surface area contributed by atoms with Crippen LogP contribution in [0.3, 0.4) is 0 Å². The average molecular weight is 510 g/mol. The predicted octanol–water partition coefficient (Wildman–Crippen LogP) is 5.22. The van der Waals surface area contributed by atoms with Gasteiger partial charge in [-0.2, -0.15) is 0 Å². The number of aromatic nitrogens is 1. The Morgan fingerprint density at radius 1 is 1.00 bits per heavy atom. The van der Waals surface area contributed by atoms with Gasteiger partial charge in [0.25, 0.3) is 5.91 Å². The predicted molar refractivity (Wildman–Crippen MR) is 146 cm³/mol. The highest BCUT2D eigenvalue weighted by atomic mass is 32.1. The maximum Gasteiger partial charge on any atom is 0.267 e. The highest BCUT2D eigenvalue weighted by molar-refractivity contribution is 7.17. The van der Waals surface area contributed by atoms with Gasteiger partial charge in [-0.1, -0.05) is 42.7 Å². The summed E-state index contributed by atoms with van der Waals surface area (Å²) in [6.45, 7) is 6.10.